The predicted octanol–water partition coefficient (Wildman–Crippen LogP) is 4.24. The summed E-state index contributed by atoms with van der Waals surface area (Å²) in [6.45, 7) is 7.92. The molecule has 0 saturated carbocycles. The molecule has 0 N–H and O–H groups in total. The number of hydrogen-bond donors (Lipinski definition) is 0. The van der Waals surface area contributed by atoms with Gasteiger partial charge in [-0.15, -0.1) is 0 Å². The second kappa shape index (κ2) is 8.44. The van der Waals surface area contributed by atoms with Crippen LogP contribution in [0.5, 0.6) is 0 Å². The van der Waals surface area contributed by atoms with E-state index in [0.29, 0.717) is 26.4 Å². The van der Waals surface area contributed by atoms with Crippen LogP contribution < -0.4 is 0 Å². The van der Waals surface area contributed by atoms with E-state index in [1.807, 2.05) is 51.1 Å². The predicted molar refractivity (Wildman–Crippen MR) is 74.4 cm³/mol. The van der Waals surface area contributed by atoms with Gasteiger partial charge in [-0.05, 0) is 26.3 Å². The molecule has 0 atom stereocenters. The minimum absolute atomic E-state index is 0.534. The van der Waals surface area contributed by atoms with Gasteiger partial charge >= 0.3 is 7.74 Å². The van der Waals surface area contributed by atoms with Gasteiger partial charge in [0.2, 0.25) is 0 Å². The Bertz CT molecular complexity index is 357. The Morgan fingerprint density at radius 3 is 1.83 bits per heavy atom. The van der Waals surface area contributed by atoms with Crippen LogP contribution in [0.2, 0.25) is 0 Å². The highest BCUT2D eigenvalue weighted by Crippen LogP contribution is 2.53. The number of rotatable bonds is 8. The van der Waals surface area contributed by atoms with Crippen molar-refractivity contribution in [3.63, 3.8) is 0 Å². The molecule has 0 heterocycles. The first-order chi connectivity index (χ1) is 8.76. The van der Waals surface area contributed by atoms with Crippen LogP contribution in [0.1, 0.15) is 26.3 Å². The lowest BCUT2D eigenvalue weighted by atomic mass is 10.2. The van der Waals surface area contributed by atoms with E-state index in [9.17, 15) is 0 Å². The molecule has 0 aliphatic rings. The van der Waals surface area contributed by atoms with Gasteiger partial charge in [0.15, 0.2) is 0 Å². The van der Waals surface area contributed by atoms with E-state index in [0.717, 1.165) is 5.56 Å². The minimum Gasteiger partial charge on any atom is -0.303 e. The lowest BCUT2D eigenvalue weighted by Gasteiger charge is -2.21. The van der Waals surface area contributed by atoms with Gasteiger partial charge in [-0.3, -0.25) is 0 Å². The smallest absolute Gasteiger partial charge is 0.303 e. The van der Waals surface area contributed by atoms with E-state index in [4.69, 9.17) is 13.6 Å². The van der Waals surface area contributed by atoms with Crippen LogP contribution in [0.3, 0.4) is 0 Å². The summed E-state index contributed by atoms with van der Waals surface area (Å²) in [7, 11) is -2.54. The summed E-state index contributed by atoms with van der Waals surface area (Å²) in [6.07, 6.45) is 0. The van der Waals surface area contributed by atoms with Crippen molar-refractivity contribution in [2.45, 2.75) is 27.3 Å². The topological polar surface area (TPSA) is 40.0 Å². The van der Waals surface area contributed by atoms with Crippen molar-refractivity contribution in [2.75, 3.05) is 19.8 Å². The molecule has 0 amide bonds. The fourth-order valence-electron chi connectivity index (χ4n) is 1.48. The molecule has 0 aromatic heterocycles. The van der Waals surface area contributed by atoms with Gasteiger partial charge in [0.25, 0.3) is 0 Å². The van der Waals surface area contributed by atoms with Gasteiger partial charge in [0, 0.05) is 0 Å². The Hall–Kier alpha value is -0.670. The molecular formula is C13H22NO3P. The van der Waals surface area contributed by atoms with E-state index in [2.05, 4.69) is 4.74 Å². The van der Waals surface area contributed by atoms with Crippen LogP contribution in [-0.2, 0) is 20.1 Å². The molecule has 5 heteroatoms. The number of nitrogens with zero attached hydrogens (tertiary/aromatic N) is 1. The second-order valence-corrected chi connectivity index (χ2v) is 5.50. The molecule has 0 aliphatic carbocycles. The molecule has 4 nitrogen and oxygen atoms in total. The van der Waals surface area contributed by atoms with E-state index in [1.54, 1.807) is 0 Å². The Morgan fingerprint density at radius 2 is 1.39 bits per heavy atom. The minimum atomic E-state index is -2.54. The maximum atomic E-state index is 5.63. The summed E-state index contributed by atoms with van der Waals surface area (Å²) in [5.74, 6) is 0. The van der Waals surface area contributed by atoms with Crippen LogP contribution in [0.25, 0.3) is 0 Å². The zero-order chi connectivity index (χ0) is 13.3. The number of hydrogen-bond acceptors (Lipinski definition) is 4. The van der Waals surface area contributed by atoms with Crippen molar-refractivity contribution in [3.8, 4) is 0 Å². The van der Waals surface area contributed by atoms with Crippen molar-refractivity contribution in [1.29, 1.82) is 0 Å². The van der Waals surface area contributed by atoms with Gasteiger partial charge in [-0.25, -0.2) is 4.74 Å². The van der Waals surface area contributed by atoms with Crippen LogP contribution in [-0.4, -0.2) is 19.8 Å². The van der Waals surface area contributed by atoms with E-state index < -0.39 is 7.74 Å². The molecule has 0 unspecified atom stereocenters. The highest BCUT2D eigenvalue weighted by atomic mass is 31.2. The fraction of sp³-hybridized carbons (Fsp3) is 0.538. The zero-order valence-electron chi connectivity index (χ0n) is 11.3. The third kappa shape index (κ3) is 4.91. The number of benzene rings is 1. The molecule has 1 aromatic carbocycles. The molecule has 0 bridgehead atoms. The quantitative estimate of drug-likeness (QED) is 0.664. The molecule has 0 saturated heterocycles. The van der Waals surface area contributed by atoms with Crippen LogP contribution >= 0.6 is 7.74 Å². The Morgan fingerprint density at radius 1 is 0.889 bits per heavy atom. The largest absolute Gasteiger partial charge is 0.355 e. The summed E-state index contributed by atoms with van der Waals surface area (Å²) < 4.78 is 21.4. The first kappa shape index (κ1) is 15.4. The molecule has 1 rings (SSSR count). The molecular weight excluding hydrogens is 249 g/mol. The van der Waals surface area contributed by atoms with E-state index in [1.165, 1.54) is 0 Å². The van der Waals surface area contributed by atoms with Crippen molar-refractivity contribution in [1.82, 2.24) is 0 Å². The Kier molecular flexibility index (Phi) is 7.21. The summed E-state index contributed by atoms with van der Waals surface area (Å²) in [6, 6.07) is 10.0. The molecule has 1 aromatic rings. The lowest BCUT2D eigenvalue weighted by molar-refractivity contribution is 0.162. The molecule has 102 valence electrons. The monoisotopic (exact) mass is 271 g/mol. The highest BCUT2D eigenvalue weighted by molar-refractivity contribution is 7.51. The standard InChI is InChI=1S/C13H22NO3P/c1-4-15-18(16-5-2,17-6-3)14-12-13-10-8-7-9-11-13/h7-11H,4-6,12H2,1-3H3. The SMILES string of the molecule is CCOP(=NCc1ccccc1)(OCC)OCC. The maximum absolute atomic E-state index is 5.63. The lowest BCUT2D eigenvalue weighted by Crippen LogP contribution is -2.01. The average Bonchev–Trinajstić information content (AvgIpc) is 2.39. The third-order valence-electron chi connectivity index (χ3n) is 2.15. The van der Waals surface area contributed by atoms with Crippen LogP contribution in [0, 0.1) is 0 Å². The fourth-order valence-corrected chi connectivity index (χ4v) is 3.26. The van der Waals surface area contributed by atoms with Crippen LogP contribution in [0.15, 0.2) is 35.1 Å². The van der Waals surface area contributed by atoms with Gasteiger partial charge in [-0.1, -0.05) is 30.3 Å². The van der Waals surface area contributed by atoms with Gasteiger partial charge in [0.05, 0.1) is 26.4 Å². The molecule has 0 spiro atoms. The average molecular weight is 271 g/mol. The van der Waals surface area contributed by atoms with Crippen molar-refractivity contribution >= 4 is 7.74 Å². The first-order valence-electron chi connectivity index (χ1n) is 6.32. The van der Waals surface area contributed by atoms with E-state index >= 15 is 0 Å². The van der Waals surface area contributed by atoms with Crippen LogP contribution in [0.4, 0.5) is 0 Å². The second-order valence-electron chi connectivity index (χ2n) is 3.51. The van der Waals surface area contributed by atoms with E-state index in [-0.39, 0.29) is 0 Å². The molecule has 0 fully saturated rings. The summed E-state index contributed by atoms with van der Waals surface area (Å²) in [5, 5.41) is 0. The van der Waals surface area contributed by atoms with Crippen molar-refractivity contribution in [3.05, 3.63) is 35.9 Å². The third-order valence-corrected chi connectivity index (χ3v) is 4.39. The van der Waals surface area contributed by atoms with Crippen molar-refractivity contribution < 1.29 is 13.6 Å². The molecule has 0 aliphatic heterocycles. The van der Waals surface area contributed by atoms with Crippen molar-refractivity contribution in [2.24, 2.45) is 4.74 Å². The van der Waals surface area contributed by atoms with Gasteiger partial charge in [-0.2, -0.15) is 0 Å². The van der Waals surface area contributed by atoms with Gasteiger partial charge in [0.1, 0.15) is 0 Å². The van der Waals surface area contributed by atoms with Gasteiger partial charge < -0.3 is 13.6 Å². The highest BCUT2D eigenvalue weighted by Gasteiger charge is 2.21. The Balaban J connectivity index is 2.85. The zero-order valence-corrected chi connectivity index (χ0v) is 12.2. The maximum Gasteiger partial charge on any atom is 0.355 e. The summed E-state index contributed by atoms with van der Waals surface area (Å²) >= 11 is 0. The summed E-state index contributed by atoms with van der Waals surface area (Å²) in [5.41, 5.74) is 1.13. The first-order valence-corrected chi connectivity index (χ1v) is 7.81. The normalized spacial score (nSPS) is 11.5. The molecule has 0 radical (unpaired) electrons. The Labute approximate surface area is 110 Å². The molecule has 18 heavy (non-hydrogen) atoms. The summed E-state index contributed by atoms with van der Waals surface area (Å²) in [4.78, 5) is 0.